The van der Waals surface area contributed by atoms with Crippen LogP contribution in [0.3, 0.4) is 0 Å². The molecule has 1 aromatic rings. The predicted octanol–water partition coefficient (Wildman–Crippen LogP) is 3.92. The molecule has 0 bridgehead atoms. The van der Waals surface area contributed by atoms with E-state index in [1.54, 1.807) is 11.3 Å². The molecule has 1 aliphatic carbocycles. The normalized spacial score (nSPS) is 23.8. The molecule has 1 heterocycles. The minimum absolute atomic E-state index is 0.258. The molecule has 0 amide bonds. The van der Waals surface area contributed by atoms with Crippen molar-refractivity contribution in [2.45, 2.75) is 24.6 Å². The van der Waals surface area contributed by atoms with Gasteiger partial charge in [-0.2, -0.15) is 11.3 Å². The maximum Gasteiger partial charge on any atom is 0.0522 e. The summed E-state index contributed by atoms with van der Waals surface area (Å²) in [6, 6.07) is 2.17. The van der Waals surface area contributed by atoms with Crippen molar-refractivity contribution in [3.05, 3.63) is 28.5 Å². The average molecular weight is 199 g/mol. The molecule has 1 aliphatic rings. The Labute approximate surface area is 81.9 Å². The zero-order valence-electron chi connectivity index (χ0n) is 6.79. The quantitative estimate of drug-likeness (QED) is 0.600. The van der Waals surface area contributed by atoms with Crippen LogP contribution in [0.2, 0.25) is 0 Å². The molecule has 1 atom stereocenters. The lowest BCUT2D eigenvalue weighted by molar-refractivity contribution is 0.748. The van der Waals surface area contributed by atoms with Crippen LogP contribution < -0.4 is 0 Å². The van der Waals surface area contributed by atoms with E-state index >= 15 is 0 Å². The number of allylic oxidation sites excluding steroid dienone is 2. The third kappa shape index (κ3) is 1.73. The second kappa shape index (κ2) is 3.63. The fourth-order valence-electron chi connectivity index (χ4n) is 1.56. The number of rotatable bonds is 1. The highest BCUT2D eigenvalue weighted by Gasteiger charge is 2.12. The Balaban J connectivity index is 2.23. The molecule has 0 aromatic carbocycles. The summed E-state index contributed by atoms with van der Waals surface area (Å²) in [6.07, 6.45) is 5.76. The van der Waals surface area contributed by atoms with Gasteiger partial charge in [0.2, 0.25) is 0 Å². The number of hydrogen-bond acceptors (Lipinski definition) is 1. The van der Waals surface area contributed by atoms with Gasteiger partial charge >= 0.3 is 0 Å². The highest BCUT2D eigenvalue weighted by atomic mass is 35.5. The van der Waals surface area contributed by atoms with Gasteiger partial charge in [-0.05, 0) is 47.2 Å². The predicted molar refractivity (Wildman–Crippen MR) is 55.8 cm³/mol. The van der Waals surface area contributed by atoms with Crippen LogP contribution in [0.4, 0.5) is 0 Å². The van der Waals surface area contributed by atoms with Gasteiger partial charge in [0, 0.05) is 0 Å². The zero-order valence-corrected chi connectivity index (χ0v) is 8.37. The van der Waals surface area contributed by atoms with Gasteiger partial charge < -0.3 is 0 Å². The highest BCUT2D eigenvalue weighted by molar-refractivity contribution is 7.08. The molecule has 12 heavy (non-hydrogen) atoms. The Bertz CT molecular complexity index is 274. The van der Waals surface area contributed by atoms with E-state index in [4.69, 9.17) is 11.6 Å². The lowest BCUT2D eigenvalue weighted by atomic mass is 9.95. The Morgan fingerprint density at radius 3 is 3.08 bits per heavy atom. The second-order valence-electron chi connectivity index (χ2n) is 3.11. The average Bonchev–Trinajstić information content (AvgIpc) is 2.56. The highest BCUT2D eigenvalue weighted by Crippen LogP contribution is 2.29. The molecule has 0 fully saturated rings. The van der Waals surface area contributed by atoms with E-state index in [1.165, 1.54) is 24.0 Å². The summed E-state index contributed by atoms with van der Waals surface area (Å²) < 4.78 is 0. The van der Waals surface area contributed by atoms with Crippen molar-refractivity contribution < 1.29 is 0 Å². The first kappa shape index (κ1) is 8.33. The first-order valence-corrected chi connectivity index (χ1v) is 5.61. The standard InChI is InChI=1S/C10H11ClS/c11-10-3-1-2-8(6-10)9-4-5-12-7-9/h4-7,10H,1-3H2. The van der Waals surface area contributed by atoms with E-state index in [1.807, 2.05) is 0 Å². The van der Waals surface area contributed by atoms with Crippen molar-refractivity contribution in [2.24, 2.45) is 0 Å². The summed E-state index contributed by atoms with van der Waals surface area (Å²) in [4.78, 5) is 0. The molecule has 0 radical (unpaired) electrons. The molecule has 0 nitrogen and oxygen atoms in total. The largest absolute Gasteiger partial charge is 0.152 e. The zero-order chi connectivity index (χ0) is 8.39. The Morgan fingerprint density at radius 2 is 2.42 bits per heavy atom. The summed E-state index contributed by atoms with van der Waals surface area (Å²) in [5, 5.41) is 4.57. The molecular weight excluding hydrogens is 188 g/mol. The second-order valence-corrected chi connectivity index (χ2v) is 4.45. The van der Waals surface area contributed by atoms with Crippen LogP contribution in [-0.4, -0.2) is 5.38 Å². The molecule has 64 valence electrons. The van der Waals surface area contributed by atoms with E-state index in [9.17, 15) is 0 Å². The maximum atomic E-state index is 6.06. The molecule has 0 spiro atoms. The summed E-state index contributed by atoms with van der Waals surface area (Å²) in [6.45, 7) is 0. The minimum atomic E-state index is 0.258. The summed E-state index contributed by atoms with van der Waals surface area (Å²) in [5.74, 6) is 0. The lowest BCUT2D eigenvalue weighted by Gasteiger charge is -2.15. The van der Waals surface area contributed by atoms with Gasteiger partial charge in [-0.1, -0.05) is 6.08 Å². The topological polar surface area (TPSA) is 0 Å². The first-order chi connectivity index (χ1) is 5.86. The summed E-state index contributed by atoms with van der Waals surface area (Å²) in [5.41, 5.74) is 2.80. The number of hydrogen-bond donors (Lipinski definition) is 0. The van der Waals surface area contributed by atoms with Gasteiger partial charge in [-0.3, -0.25) is 0 Å². The van der Waals surface area contributed by atoms with Gasteiger partial charge in [0.05, 0.1) is 5.38 Å². The van der Waals surface area contributed by atoms with Crippen LogP contribution in [0, 0.1) is 0 Å². The molecule has 0 aliphatic heterocycles. The van der Waals surface area contributed by atoms with Crippen molar-refractivity contribution in [2.75, 3.05) is 0 Å². The van der Waals surface area contributed by atoms with E-state index in [0.29, 0.717) is 0 Å². The Morgan fingerprint density at radius 1 is 1.50 bits per heavy atom. The van der Waals surface area contributed by atoms with Gasteiger partial charge in [0.15, 0.2) is 0 Å². The summed E-state index contributed by atoms with van der Waals surface area (Å²) >= 11 is 7.81. The third-order valence-corrected chi connectivity index (χ3v) is 3.23. The van der Waals surface area contributed by atoms with Crippen molar-refractivity contribution >= 4 is 28.5 Å². The SMILES string of the molecule is ClC1C=C(c2ccsc2)CCC1. The molecule has 0 N–H and O–H groups in total. The van der Waals surface area contributed by atoms with Crippen molar-refractivity contribution in [1.29, 1.82) is 0 Å². The fraction of sp³-hybridized carbons (Fsp3) is 0.400. The maximum absolute atomic E-state index is 6.06. The Hall–Kier alpha value is -0.270. The van der Waals surface area contributed by atoms with Crippen LogP contribution in [0.1, 0.15) is 24.8 Å². The van der Waals surface area contributed by atoms with Crippen molar-refractivity contribution in [1.82, 2.24) is 0 Å². The molecule has 1 unspecified atom stereocenters. The van der Waals surface area contributed by atoms with E-state index in [-0.39, 0.29) is 5.38 Å². The molecule has 2 heteroatoms. The van der Waals surface area contributed by atoms with Gasteiger partial charge in [0.1, 0.15) is 0 Å². The molecule has 0 saturated heterocycles. The van der Waals surface area contributed by atoms with Crippen LogP contribution in [-0.2, 0) is 0 Å². The lowest BCUT2D eigenvalue weighted by Crippen LogP contribution is -2.01. The number of halogens is 1. The van der Waals surface area contributed by atoms with Crippen LogP contribution in [0.25, 0.3) is 5.57 Å². The van der Waals surface area contributed by atoms with Crippen LogP contribution in [0.15, 0.2) is 22.9 Å². The van der Waals surface area contributed by atoms with Crippen molar-refractivity contribution in [3.63, 3.8) is 0 Å². The van der Waals surface area contributed by atoms with Gasteiger partial charge in [-0.15, -0.1) is 11.6 Å². The summed E-state index contributed by atoms with van der Waals surface area (Å²) in [7, 11) is 0. The van der Waals surface area contributed by atoms with Gasteiger partial charge in [-0.25, -0.2) is 0 Å². The molecular formula is C10H11ClS. The van der Waals surface area contributed by atoms with Crippen LogP contribution in [0.5, 0.6) is 0 Å². The van der Waals surface area contributed by atoms with Crippen LogP contribution >= 0.6 is 22.9 Å². The monoisotopic (exact) mass is 198 g/mol. The van der Waals surface area contributed by atoms with E-state index < -0.39 is 0 Å². The molecule has 2 rings (SSSR count). The molecule has 0 saturated carbocycles. The number of alkyl halides is 1. The minimum Gasteiger partial charge on any atom is -0.152 e. The Kier molecular flexibility index (Phi) is 2.52. The van der Waals surface area contributed by atoms with E-state index in [0.717, 1.165) is 6.42 Å². The molecule has 1 aromatic heterocycles. The smallest absolute Gasteiger partial charge is 0.0522 e. The van der Waals surface area contributed by atoms with Gasteiger partial charge in [0.25, 0.3) is 0 Å². The van der Waals surface area contributed by atoms with E-state index in [2.05, 4.69) is 22.9 Å². The first-order valence-electron chi connectivity index (χ1n) is 4.23. The fourth-order valence-corrected chi connectivity index (χ4v) is 2.55. The number of thiophene rings is 1. The van der Waals surface area contributed by atoms with Crippen molar-refractivity contribution in [3.8, 4) is 0 Å². The third-order valence-electron chi connectivity index (χ3n) is 2.20.